The van der Waals surface area contributed by atoms with Crippen molar-refractivity contribution in [2.75, 3.05) is 13.2 Å². The number of nitrogens with zero attached hydrogens (tertiary/aromatic N) is 1. The summed E-state index contributed by atoms with van der Waals surface area (Å²) in [6.45, 7) is 7.20. The molecule has 17 heavy (non-hydrogen) atoms. The molecule has 2 unspecified atom stereocenters. The fourth-order valence-electron chi connectivity index (χ4n) is 2.56. The highest BCUT2D eigenvalue weighted by molar-refractivity contribution is 5.81. The molecular formula is C13H26N2O2. The lowest BCUT2D eigenvalue weighted by atomic mass is 10.1. The molecule has 4 nitrogen and oxygen atoms in total. The quantitative estimate of drug-likeness (QED) is 0.734. The Morgan fingerprint density at radius 2 is 2.18 bits per heavy atom. The second-order valence-corrected chi connectivity index (χ2v) is 5.24. The topological polar surface area (TPSA) is 52.6 Å². The summed E-state index contributed by atoms with van der Waals surface area (Å²) in [5.74, 6) is 0.121. The number of aliphatic hydroxyl groups excluding tert-OH is 1. The van der Waals surface area contributed by atoms with Crippen LogP contribution in [0.15, 0.2) is 0 Å². The molecule has 0 saturated carbocycles. The lowest BCUT2D eigenvalue weighted by Gasteiger charge is -2.30. The van der Waals surface area contributed by atoms with Gasteiger partial charge in [0, 0.05) is 18.7 Å². The van der Waals surface area contributed by atoms with Crippen molar-refractivity contribution in [2.24, 2.45) is 0 Å². The molecular weight excluding hydrogens is 216 g/mol. The Hall–Kier alpha value is -0.610. The zero-order valence-electron chi connectivity index (χ0n) is 11.3. The van der Waals surface area contributed by atoms with Gasteiger partial charge < -0.3 is 10.4 Å². The Balaban J connectivity index is 2.48. The molecule has 1 heterocycles. The van der Waals surface area contributed by atoms with Crippen molar-refractivity contribution in [1.29, 1.82) is 0 Å². The van der Waals surface area contributed by atoms with Crippen LogP contribution in [0.25, 0.3) is 0 Å². The van der Waals surface area contributed by atoms with E-state index in [9.17, 15) is 4.79 Å². The third-order valence-electron chi connectivity index (χ3n) is 3.43. The van der Waals surface area contributed by atoms with Crippen molar-refractivity contribution in [3.05, 3.63) is 0 Å². The number of hydrogen-bond donors (Lipinski definition) is 2. The summed E-state index contributed by atoms with van der Waals surface area (Å²) in [7, 11) is 0. The second-order valence-electron chi connectivity index (χ2n) is 5.24. The van der Waals surface area contributed by atoms with Crippen LogP contribution in [-0.4, -0.2) is 47.2 Å². The molecule has 1 saturated heterocycles. The molecule has 1 fully saturated rings. The van der Waals surface area contributed by atoms with Crippen LogP contribution in [0, 0.1) is 0 Å². The fraction of sp³-hybridized carbons (Fsp3) is 0.923. The van der Waals surface area contributed by atoms with Crippen molar-refractivity contribution in [3.8, 4) is 0 Å². The van der Waals surface area contributed by atoms with E-state index in [1.807, 2.05) is 20.8 Å². The van der Waals surface area contributed by atoms with Gasteiger partial charge in [-0.1, -0.05) is 0 Å². The smallest absolute Gasteiger partial charge is 0.237 e. The number of aliphatic hydroxyl groups is 1. The van der Waals surface area contributed by atoms with Gasteiger partial charge >= 0.3 is 0 Å². The van der Waals surface area contributed by atoms with E-state index in [4.69, 9.17) is 5.11 Å². The highest BCUT2D eigenvalue weighted by Gasteiger charge is 2.31. The summed E-state index contributed by atoms with van der Waals surface area (Å²) in [6.07, 6.45) is 4.14. The van der Waals surface area contributed by atoms with E-state index < -0.39 is 0 Å². The van der Waals surface area contributed by atoms with E-state index in [1.54, 1.807) is 0 Å². The first-order valence-electron chi connectivity index (χ1n) is 6.73. The Morgan fingerprint density at radius 3 is 2.76 bits per heavy atom. The van der Waals surface area contributed by atoms with E-state index >= 15 is 0 Å². The maximum Gasteiger partial charge on any atom is 0.237 e. The Kier molecular flexibility index (Phi) is 5.92. The molecule has 4 heteroatoms. The molecule has 1 amide bonds. The maximum atomic E-state index is 12.0. The summed E-state index contributed by atoms with van der Waals surface area (Å²) >= 11 is 0. The molecule has 0 aromatic heterocycles. The van der Waals surface area contributed by atoms with Gasteiger partial charge in [0.1, 0.15) is 0 Å². The average molecular weight is 242 g/mol. The summed E-state index contributed by atoms with van der Waals surface area (Å²) < 4.78 is 0. The summed E-state index contributed by atoms with van der Waals surface area (Å²) in [6, 6.07) is 0.613. The Morgan fingerprint density at radius 1 is 1.47 bits per heavy atom. The van der Waals surface area contributed by atoms with E-state index in [0.29, 0.717) is 6.04 Å². The van der Waals surface area contributed by atoms with Crippen LogP contribution in [0.5, 0.6) is 0 Å². The van der Waals surface area contributed by atoms with Gasteiger partial charge in [-0.25, -0.2) is 0 Å². The molecule has 100 valence electrons. The minimum absolute atomic E-state index is 0.0522. The first-order chi connectivity index (χ1) is 8.06. The number of hydrogen-bond acceptors (Lipinski definition) is 3. The lowest BCUT2D eigenvalue weighted by Crippen LogP contribution is -2.48. The summed E-state index contributed by atoms with van der Waals surface area (Å²) in [5, 5.41) is 11.8. The third-order valence-corrected chi connectivity index (χ3v) is 3.43. The van der Waals surface area contributed by atoms with Crippen LogP contribution in [0.1, 0.15) is 46.5 Å². The first-order valence-corrected chi connectivity index (χ1v) is 6.73. The van der Waals surface area contributed by atoms with Gasteiger partial charge in [-0.2, -0.15) is 0 Å². The van der Waals surface area contributed by atoms with Crippen LogP contribution in [-0.2, 0) is 4.79 Å². The molecule has 0 spiro atoms. The van der Waals surface area contributed by atoms with Crippen molar-refractivity contribution in [2.45, 2.75) is 64.6 Å². The molecule has 2 atom stereocenters. The molecule has 0 radical (unpaired) electrons. The van der Waals surface area contributed by atoms with Crippen molar-refractivity contribution in [1.82, 2.24) is 10.2 Å². The lowest BCUT2D eigenvalue weighted by molar-refractivity contribution is -0.126. The van der Waals surface area contributed by atoms with Crippen LogP contribution < -0.4 is 5.32 Å². The molecule has 1 aliphatic rings. The first kappa shape index (κ1) is 14.5. The normalized spacial score (nSPS) is 23.0. The molecule has 1 aliphatic heterocycles. The zero-order chi connectivity index (χ0) is 12.8. The SMILES string of the molecule is CC(C)NC(=O)C(C)N1CCCC1CCCO. The van der Waals surface area contributed by atoms with Gasteiger partial charge in [0.25, 0.3) is 0 Å². The van der Waals surface area contributed by atoms with Crippen LogP contribution in [0.4, 0.5) is 0 Å². The fourth-order valence-corrected chi connectivity index (χ4v) is 2.56. The predicted molar refractivity (Wildman–Crippen MR) is 68.8 cm³/mol. The highest BCUT2D eigenvalue weighted by Crippen LogP contribution is 2.23. The van der Waals surface area contributed by atoms with Crippen molar-refractivity contribution >= 4 is 5.91 Å². The van der Waals surface area contributed by atoms with E-state index in [2.05, 4.69) is 10.2 Å². The largest absolute Gasteiger partial charge is 0.396 e. The number of nitrogens with one attached hydrogen (secondary N) is 1. The van der Waals surface area contributed by atoms with Gasteiger partial charge in [0.15, 0.2) is 0 Å². The molecule has 2 N–H and O–H groups in total. The van der Waals surface area contributed by atoms with Gasteiger partial charge in [-0.3, -0.25) is 9.69 Å². The number of carbonyl (C=O) groups is 1. The number of rotatable bonds is 6. The third kappa shape index (κ3) is 4.28. The number of likely N-dealkylation sites (tertiary alicyclic amines) is 1. The predicted octanol–water partition coefficient (Wildman–Crippen LogP) is 1.14. The molecule has 0 aromatic rings. The maximum absolute atomic E-state index is 12.0. The Labute approximate surface area is 104 Å². The van der Waals surface area contributed by atoms with Crippen molar-refractivity contribution < 1.29 is 9.90 Å². The molecule has 1 rings (SSSR count). The summed E-state index contributed by atoms with van der Waals surface area (Å²) in [5.41, 5.74) is 0. The van der Waals surface area contributed by atoms with Crippen molar-refractivity contribution in [3.63, 3.8) is 0 Å². The average Bonchev–Trinajstić information content (AvgIpc) is 2.72. The second kappa shape index (κ2) is 6.97. The Bertz CT molecular complexity index is 244. The number of carbonyl (C=O) groups excluding carboxylic acids is 1. The van der Waals surface area contributed by atoms with Crippen LogP contribution in [0.3, 0.4) is 0 Å². The standard InChI is InChI=1S/C13H26N2O2/c1-10(2)14-13(17)11(3)15-8-4-6-12(15)7-5-9-16/h10-12,16H,4-9H2,1-3H3,(H,14,17). The van der Waals surface area contributed by atoms with E-state index in [0.717, 1.165) is 32.2 Å². The van der Waals surface area contributed by atoms with Gasteiger partial charge in [0.05, 0.1) is 6.04 Å². The molecule has 0 aromatic carbocycles. The minimum Gasteiger partial charge on any atom is -0.396 e. The molecule has 0 aliphatic carbocycles. The highest BCUT2D eigenvalue weighted by atomic mass is 16.3. The van der Waals surface area contributed by atoms with Crippen LogP contribution >= 0.6 is 0 Å². The summed E-state index contributed by atoms with van der Waals surface area (Å²) in [4.78, 5) is 14.2. The van der Waals surface area contributed by atoms with Gasteiger partial charge in [0.2, 0.25) is 5.91 Å². The monoisotopic (exact) mass is 242 g/mol. The number of amides is 1. The van der Waals surface area contributed by atoms with E-state index in [-0.39, 0.29) is 24.6 Å². The van der Waals surface area contributed by atoms with Crippen LogP contribution in [0.2, 0.25) is 0 Å². The molecule has 0 bridgehead atoms. The zero-order valence-corrected chi connectivity index (χ0v) is 11.3. The van der Waals surface area contributed by atoms with E-state index in [1.165, 1.54) is 0 Å². The van der Waals surface area contributed by atoms with Gasteiger partial charge in [-0.05, 0) is 53.0 Å². The van der Waals surface area contributed by atoms with Gasteiger partial charge in [-0.15, -0.1) is 0 Å². The minimum atomic E-state index is -0.0522.